The van der Waals surface area contributed by atoms with E-state index >= 15 is 0 Å². The summed E-state index contributed by atoms with van der Waals surface area (Å²) in [5.41, 5.74) is 4.79. The average Bonchev–Trinajstić information content (AvgIpc) is 3.27. The number of H-pyrrole nitrogens is 1. The standard InChI is InChI=1S/C27H31N3O3/c1-18(31)30-14-11-19-5-3-4-6-22(19)26(30)16-27(32)29-12-9-20(10-13-29)24-17-28-25-8-7-21(33-2)15-23(24)25/h3-8,15,17,20,26,28H,9-14,16H2,1-2H3. The first kappa shape index (κ1) is 21.6. The zero-order valence-corrected chi connectivity index (χ0v) is 19.3. The number of benzene rings is 2. The highest BCUT2D eigenvalue weighted by atomic mass is 16.5. The molecule has 1 saturated heterocycles. The fourth-order valence-corrected chi connectivity index (χ4v) is 5.57. The molecule has 2 amide bonds. The van der Waals surface area contributed by atoms with Gasteiger partial charge in [-0.25, -0.2) is 0 Å². The molecule has 1 N–H and O–H groups in total. The summed E-state index contributed by atoms with van der Waals surface area (Å²) in [4.78, 5) is 32.8. The van der Waals surface area contributed by atoms with Crippen molar-refractivity contribution in [1.82, 2.24) is 14.8 Å². The van der Waals surface area contributed by atoms with Crippen molar-refractivity contribution in [2.24, 2.45) is 0 Å². The summed E-state index contributed by atoms with van der Waals surface area (Å²) in [6.07, 6.45) is 5.18. The van der Waals surface area contributed by atoms with Crippen LogP contribution in [0.4, 0.5) is 0 Å². The van der Waals surface area contributed by atoms with E-state index in [1.165, 1.54) is 16.5 Å². The Hall–Kier alpha value is -3.28. The molecule has 1 unspecified atom stereocenters. The summed E-state index contributed by atoms with van der Waals surface area (Å²) in [7, 11) is 1.69. The Morgan fingerprint density at radius 1 is 1.06 bits per heavy atom. The lowest BCUT2D eigenvalue weighted by Gasteiger charge is -2.38. The number of rotatable bonds is 4. The van der Waals surface area contributed by atoms with Gasteiger partial charge in [-0.3, -0.25) is 9.59 Å². The minimum absolute atomic E-state index is 0.0378. The topological polar surface area (TPSA) is 65.6 Å². The van der Waals surface area contributed by atoms with E-state index in [9.17, 15) is 9.59 Å². The van der Waals surface area contributed by atoms with Gasteiger partial charge in [-0.05, 0) is 60.1 Å². The zero-order chi connectivity index (χ0) is 22.9. The Bertz CT molecular complexity index is 1180. The molecule has 2 aliphatic rings. The molecule has 1 aromatic heterocycles. The highest BCUT2D eigenvalue weighted by molar-refractivity contribution is 5.85. The van der Waals surface area contributed by atoms with Gasteiger partial charge >= 0.3 is 0 Å². The zero-order valence-electron chi connectivity index (χ0n) is 19.3. The number of likely N-dealkylation sites (tertiary alicyclic amines) is 1. The number of hydrogen-bond acceptors (Lipinski definition) is 3. The van der Waals surface area contributed by atoms with Gasteiger partial charge in [-0.2, -0.15) is 0 Å². The Balaban J connectivity index is 1.28. The normalized spacial score (nSPS) is 18.9. The number of fused-ring (bicyclic) bond motifs is 2. The molecule has 33 heavy (non-hydrogen) atoms. The maximum Gasteiger partial charge on any atom is 0.224 e. The lowest BCUT2D eigenvalue weighted by Crippen LogP contribution is -2.43. The van der Waals surface area contributed by atoms with E-state index in [4.69, 9.17) is 4.74 Å². The second kappa shape index (κ2) is 8.93. The number of aromatic amines is 1. The first-order valence-corrected chi connectivity index (χ1v) is 11.8. The molecule has 0 saturated carbocycles. The maximum absolute atomic E-state index is 13.3. The van der Waals surface area contributed by atoms with Crippen molar-refractivity contribution in [3.8, 4) is 5.75 Å². The third-order valence-electron chi connectivity index (χ3n) is 7.39. The van der Waals surface area contributed by atoms with Crippen LogP contribution in [0.5, 0.6) is 5.75 Å². The molecule has 1 atom stereocenters. The van der Waals surface area contributed by atoms with Gasteiger partial charge in [-0.15, -0.1) is 0 Å². The quantitative estimate of drug-likeness (QED) is 0.647. The Kier molecular flexibility index (Phi) is 5.83. The Morgan fingerprint density at radius 2 is 1.85 bits per heavy atom. The number of ether oxygens (including phenoxy) is 1. The van der Waals surface area contributed by atoms with Gasteiger partial charge < -0.3 is 19.5 Å². The van der Waals surface area contributed by atoms with Crippen LogP contribution in [0.15, 0.2) is 48.7 Å². The fraction of sp³-hybridized carbons (Fsp3) is 0.407. The van der Waals surface area contributed by atoms with E-state index in [1.807, 2.05) is 28.0 Å². The molecule has 5 rings (SSSR count). The Morgan fingerprint density at radius 3 is 2.61 bits per heavy atom. The number of carbonyl (C=O) groups is 2. The lowest BCUT2D eigenvalue weighted by atomic mass is 9.88. The van der Waals surface area contributed by atoms with Crippen LogP contribution in [0, 0.1) is 0 Å². The van der Waals surface area contributed by atoms with E-state index in [2.05, 4.69) is 35.4 Å². The Labute approximate surface area is 194 Å². The molecule has 6 nitrogen and oxygen atoms in total. The van der Waals surface area contributed by atoms with Crippen LogP contribution < -0.4 is 4.74 Å². The summed E-state index contributed by atoms with van der Waals surface area (Å²) in [6, 6.07) is 14.2. The first-order chi connectivity index (χ1) is 16.0. The molecule has 0 spiro atoms. The van der Waals surface area contributed by atoms with Crippen molar-refractivity contribution in [2.75, 3.05) is 26.7 Å². The monoisotopic (exact) mass is 445 g/mol. The van der Waals surface area contributed by atoms with Crippen molar-refractivity contribution in [3.05, 3.63) is 65.4 Å². The summed E-state index contributed by atoms with van der Waals surface area (Å²) in [5.74, 6) is 1.45. The second-order valence-electron chi connectivity index (χ2n) is 9.19. The van der Waals surface area contributed by atoms with Crippen LogP contribution >= 0.6 is 0 Å². The summed E-state index contributed by atoms with van der Waals surface area (Å²) >= 11 is 0. The van der Waals surface area contributed by atoms with Crippen molar-refractivity contribution < 1.29 is 14.3 Å². The van der Waals surface area contributed by atoms with E-state index < -0.39 is 0 Å². The minimum Gasteiger partial charge on any atom is -0.497 e. The average molecular weight is 446 g/mol. The summed E-state index contributed by atoms with van der Waals surface area (Å²) < 4.78 is 5.41. The SMILES string of the molecule is COc1ccc2[nH]cc(C3CCN(C(=O)CC4c5ccccc5CCN4C(C)=O)CC3)c2c1. The summed E-state index contributed by atoms with van der Waals surface area (Å²) in [6.45, 7) is 3.77. The summed E-state index contributed by atoms with van der Waals surface area (Å²) in [5, 5.41) is 1.20. The molecule has 3 aromatic rings. The first-order valence-electron chi connectivity index (χ1n) is 11.8. The molecule has 0 aliphatic carbocycles. The number of amides is 2. The number of nitrogens with zero attached hydrogens (tertiary/aromatic N) is 2. The predicted molar refractivity (Wildman–Crippen MR) is 128 cm³/mol. The van der Waals surface area contributed by atoms with Crippen LogP contribution in [-0.2, 0) is 16.0 Å². The van der Waals surface area contributed by atoms with Gasteiger partial charge in [0.25, 0.3) is 0 Å². The smallest absolute Gasteiger partial charge is 0.224 e. The number of aromatic nitrogens is 1. The van der Waals surface area contributed by atoms with Gasteiger partial charge in [0, 0.05) is 43.7 Å². The van der Waals surface area contributed by atoms with Crippen molar-refractivity contribution in [1.29, 1.82) is 0 Å². The molecule has 172 valence electrons. The van der Waals surface area contributed by atoms with Gasteiger partial charge in [0.1, 0.15) is 5.75 Å². The lowest BCUT2D eigenvalue weighted by molar-refractivity contribution is -0.137. The fourth-order valence-electron chi connectivity index (χ4n) is 5.57. The van der Waals surface area contributed by atoms with Crippen LogP contribution in [0.25, 0.3) is 10.9 Å². The van der Waals surface area contributed by atoms with Crippen LogP contribution in [0.1, 0.15) is 54.8 Å². The number of hydrogen-bond donors (Lipinski definition) is 1. The molecular weight excluding hydrogens is 414 g/mol. The van der Waals surface area contributed by atoms with Gasteiger partial charge in [0.15, 0.2) is 0 Å². The van der Waals surface area contributed by atoms with Crippen molar-refractivity contribution >= 4 is 22.7 Å². The van der Waals surface area contributed by atoms with E-state index in [0.29, 0.717) is 18.9 Å². The van der Waals surface area contributed by atoms with E-state index in [1.54, 1.807) is 14.0 Å². The number of carbonyl (C=O) groups excluding carboxylic acids is 2. The van der Waals surface area contributed by atoms with Gasteiger partial charge in [0.05, 0.1) is 19.6 Å². The maximum atomic E-state index is 13.3. The third kappa shape index (κ3) is 4.10. The molecule has 2 aromatic carbocycles. The van der Waals surface area contributed by atoms with Gasteiger partial charge in [0.2, 0.25) is 11.8 Å². The highest BCUT2D eigenvalue weighted by Crippen LogP contribution is 2.36. The number of nitrogens with one attached hydrogen (secondary N) is 1. The molecule has 0 radical (unpaired) electrons. The van der Waals surface area contributed by atoms with Gasteiger partial charge in [-0.1, -0.05) is 24.3 Å². The van der Waals surface area contributed by atoms with Crippen molar-refractivity contribution in [2.45, 2.75) is 44.6 Å². The predicted octanol–water partition coefficient (Wildman–Crippen LogP) is 4.42. The highest BCUT2D eigenvalue weighted by Gasteiger charge is 2.33. The molecule has 3 heterocycles. The molecule has 1 fully saturated rings. The number of methoxy groups -OCH3 is 1. The van der Waals surface area contributed by atoms with E-state index in [0.717, 1.165) is 49.2 Å². The molecule has 2 aliphatic heterocycles. The second-order valence-corrected chi connectivity index (χ2v) is 9.19. The van der Waals surface area contributed by atoms with Crippen LogP contribution in [0.3, 0.4) is 0 Å². The van der Waals surface area contributed by atoms with Crippen LogP contribution in [0.2, 0.25) is 0 Å². The van der Waals surface area contributed by atoms with E-state index in [-0.39, 0.29) is 17.9 Å². The van der Waals surface area contributed by atoms with Crippen LogP contribution in [-0.4, -0.2) is 53.3 Å². The molecular formula is C27H31N3O3. The third-order valence-corrected chi connectivity index (χ3v) is 7.39. The number of piperidine rings is 1. The molecule has 0 bridgehead atoms. The minimum atomic E-state index is -0.168. The largest absolute Gasteiger partial charge is 0.497 e. The molecule has 6 heteroatoms. The van der Waals surface area contributed by atoms with Crippen molar-refractivity contribution in [3.63, 3.8) is 0 Å².